The van der Waals surface area contributed by atoms with Crippen molar-refractivity contribution in [2.24, 2.45) is 7.05 Å². The number of anilines is 1. The van der Waals surface area contributed by atoms with Gasteiger partial charge in [-0.15, -0.1) is 0 Å². The van der Waals surface area contributed by atoms with Gasteiger partial charge in [0.1, 0.15) is 11.4 Å². The molecular formula is C10H12N6O2S. The van der Waals surface area contributed by atoms with Crippen molar-refractivity contribution in [2.75, 3.05) is 4.72 Å². The number of rotatable bonds is 4. The highest BCUT2D eigenvalue weighted by molar-refractivity contribution is 7.92. The predicted molar refractivity (Wildman–Crippen MR) is 66.6 cm³/mol. The second-order valence-corrected chi connectivity index (χ2v) is 5.53. The lowest BCUT2D eigenvalue weighted by molar-refractivity contribution is 0.599. The molecule has 2 aromatic rings. The third kappa shape index (κ3) is 2.58. The van der Waals surface area contributed by atoms with E-state index in [1.807, 2.05) is 6.07 Å². The third-order valence-electron chi connectivity index (χ3n) is 2.59. The molecule has 0 atom stereocenters. The van der Waals surface area contributed by atoms with Crippen molar-refractivity contribution in [3.05, 3.63) is 24.2 Å². The highest BCUT2D eigenvalue weighted by atomic mass is 32.2. The van der Waals surface area contributed by atoms with Gasteiger partial charge in [0, 0.05) is 19.3 Å². The zero-order chi connectivity index (χ0) is 14.0. The van der Waals surface area contributed by atoms with Crippen LogP contribution in [0.15, 0.2) is 23.4 Å². The number of nitriles is 1. The molecule has 2 rings (SSSR count). The molecule has 0 fully saturated rings. The molecule has 0 aliphatic carbocycles. The molecule has 0 saturated carbocycles. The van der Waals surface area contributed by atoms with E-state index < -0.39 is 10.0 Å². The van der Waals surface area contributed by atoms with Crippen LogP contribution in [0.2, 0.25) is 0 Å². The van der Waals surface area contributed by atoms with E-state index in [1.165, 1.54) is 27.8 Å². The average Bonchev–Trinajstić information content (AvgIpc) is 2.88. The van der Waals surface area contributed by atoms with Gasteiger partial charge in [0.25, 0.3) is 10.0 Å². The summed E-state index contributed by atoms with van der Waals surface area (Å²) in [5, 5.41) is 16.3. The first-order valence-corrected chi connectivity index (χ1v) is 6.84. The number of hydrogen-bond acceptors (Lipinski definition) is 5. The van der Waals surface area contributed by atoms with Crippen LogP contribution in [0.3, 0.4) is 0 Å². The van der Waals surface area contributed by atoms with Gasteiger partial charge in [0.15, 0.2) is 5.82 Å². The Hall–Kier alpha value is -2.34. The number of nitrogens with one attached hydrogen (secondary N) is 1. The van der Waals surface area contributed by atoms with E-state index in [0.717, 1.165) is 0 Å². The number of aromatic nitrogens is 4. The van der Waals surface area contributed by atoms with Gasteiger partial charge in [-0.1, -0.05) is 0 Å². The fourth-order valence-electron chi connectivity index (χ4n) is 1.51. The Labute approximate surface area is 110 Å². The van der Waals surface area contributed by atoms with Crippen LogP contribution in [0, 0.1) is 18.3 Å². The quantitative estimate of drug-likeness (QED) is 0.864. The van der Waals surface area contributed by atoms with E-state index in [9.17, 15) is 8.42 Å². The van der Waals surface area contributed by atoms with E-state index in [1.54, 1.807) is 14.0 Å². The first kappa shape index (κ1) is 13.1. The Morgan fingerprint density at radius 3 is 2.84 bits per heavy atom. The summed E-state index contributed by atoms with van der Waals surface area (Å²) in [5.41, 5.74) is 0.531. The summed E-state index contributed by atoms with van der Waals surface area (Å²) in [6.07, 6.45) is 2.81. The second kappa shape index (κ2) is 4.74. The first-order valence-electron chi connectivity index (χ1n) is 5.36. The van der Waals surface area contributed by atoms with Crippen molar-refractivity contribution in [2.45, 2.75) is 18.4 Å². The van der Waals surface area contributed by atoms with Crippen molar-refractivity contribution < 1.29 is 8.42 Å². The van der Waals surface area contributed by atoms with Crippen LogP contribution in [0.5, 0.6) is 0 Å². The maximum Gasteiger partial charge on any atom is 0.266 e. The molecule has 2 aromatic heterocycles. The largest absolute Gasteiger partial charge is 0.272 e. The standard InChI is InChI=1S/C10H12N6O2S/c1-8-9(7-12-15(8)2)19(17,18)14-10-3-5-16(13-10)6-4-11/h3,5,7H,6H2,1-2H3,(H,13,14). The van der Waals surface area contributed by atoms with Gasteiger partial charge < -0.3 is 0 Å². The Morgan fingerprint density at radius 2 is 2.26 bits per heavy atom. The van der Waals surface area contributed by atoms with E-state index >= 15 is 0 Å². The Bertz CT molecular complexity index is 736. The van der Waals surface area contributed by atoms with Crippen molar-refractivity contribution in [1.82, 2.24) is 19.6 Å². The monoisotopic (exact) mass is 280 g/mol. The molecule has 100 valence electrons. The minimum absolute atomic E-state index is 0.0631. The minimum Gasteiger partial charge on any atom is -0.272 e. The van der Waals surface area contributed by atoms with Crippen molar-refractivity contribution in [3.63, 3.8) is 0 Å². The van der Waals surface area contributed by atoms with E-state index in [2.05, 4.69) is 14.9 Å². The molecule has 19 heavy (non-hydrogen) atoms. The van der Waals surface area contributed by atoms with Crippen molar-refractivity contribution >= 4 is 15.8 Å². The molecule has 0 aromatic carbocycles. The Balaban J connectivity index is 2.26. The molecule has 8 nitrogen and oxygen atoms in total. The van der Waals surface area contributed by atoms with Crippen LogP contribution < -0.4 is 4.72 Å². The van der Waals surface area contributed by atoms with Crippen LogP contribution in [0.1, 0.15) is 5.69 Å². The summed E-state index contributed by atoms with van der Waals surface area (Å²) >= 11 is 0. The molecular weight excluding hydrogens is 268 g/mol. The average molecular weight is 280 g/mol. The third-order valence-corrected chi connectivity index (χ3v) is 4.05. The number of sulfonamides is 1. The summed E-state index contributed by atoms with van der Waals surface area (Å²) in [6.45, 7) is 1.73. The number of hydrogen-bond donors (Lipinski definition) is 1. The number of aryl methyl sites for hydroxylation is 1. The van der Waals surface area contributed by atoms with E-state index in [0.29, 0.717) is 5.69 Å². The molecule has 9 heteroatoms. The van der Waals surface area contributed by atoms with Crippen LogP contribution in [-0.2, 0) is 23.6 Å². The van der Waals surface area contributed by atoms with E-state index in [-0.39, 0.29) is 17.3 Å². The summed E-state index contributed by atoms with van der Waals surface area (Å²) in [7, 11) is -2.05. The normalized spacial score (nSPS) is 11.2. The molecule has 0 aliphatic heterocycles. The summed E-state index contributed by atoms with van der Waals surface area (Å²) in [5.74, 6) is 0.165. The van der Waals surface area contributed by atoms with E-state index in [4.69, 9.17) is 5.26 Å². The zero-order valence-corrected chi connectivity index (χ0v) is 11.2. The highest BCUT2D eigenvalue weighted by Gasteiger charge is 2.20. The van der Waals surface area contributed by atoms with Gasteiger partial charge in [-0.3, -0.25) is 14.1 Å². The minimum atomic E-state index is -3.72. The Morgan fingerprint density at radius 1 is 1.53 bits per heavy atom. The van der Waals surface area contributed by atoms with Gasteiger partial charge in [0.05, 0.1) is 18.0 Å². The summed E-state index contributed by atoms with van der Waals surface area (Å²) in [4.78, 5) is 0.102. The molecule has 0 radical (unpaired) electrons. The van der Waals surface area contributed by atoms with Crippen LogP contribution >= 0.6 is 0 Å². The maximum absolute atomic E-state index is 12.1. The van der Waals surface area contributed by atoms with Crippen molar-refractivity contribution in [1.29, 1.82) is 5.26 Å². The molecule has 0 bridgehead atoms. The predicted octanol–water partition coefficient (Wildman–Crippen LogP) is 0.249. The summed E-state index contributed by atoms with van der Waals surface area (Å²) < 4.78 is 29.4. The maximum atomic E-state index is 12.1. The van der Waals surface area contributed by atoms with Gasteiger partial charge in [-0.05, 0) is 6.92 Å². The van der Waals surface area contributed by atoms with Gasteiger partial charge in [0.2, 0.25) is 0 Å². The highest BCUT2D eigenvalue weighted by Crippen LogP contribution is 2.17. The molecule has 2 heterocycles. The zero-order valence-electron chi connectivity index (χ0n) is 10.4. The fourth-order valence-corrected chi connectivity index (χ4v) is 2.71. The lowest BCUT2D eigenvalue weighted by atomic mass is 10.5. The topological polar surface area (TPSA) is 106 Å². The lowest BCUT2D eigenvalue weighted by Gasteiger charge is -2.04. The molecule has 1 N–H and O–H groups in total. The van der Waals surface area contributed by atoms with Crippen molar-refractivity contribution in [3.8, 4) is 6.07 Å². The Kier molecular flexibility index (Phi) is 3.26. The van der Waals surface area contributed by atoms with Crippen LogP contribution in [0.4, 0.5) is 5.82 Å². The molecule has 0 saturated heterocycles. The van der Waals surface area contributed by atoms with Crippen LogP contribution in [0.25, 0.3) is 0 Å². The lowest BCUT2D eigenvalue weighted by Crippen LogP contribution is -2.14. The smallest absolute Gasteiger partial charge is 0.266 e. The summed E-state index contributed by atoms with van der Waals surface area (Å²) in [6, 6.07) is 3.40. The van der Waals surface area contributed by atoms with Gasteiger partial charge in [-0.25, -0.2) is 8.42 Å². The number of nitrogens with zero attached hydrogens (tertiary/aromatic N) is 5. The molecule has 0 amide bonds. The second-order valence-electron chi connectivity index (χ2n) is 3.88. The molecule has 0 unspecified atom stereocenters. The molecule has 0 spiro atoms. The van der Waals surface area contributed by atoms with Crippen LogP contribution in [-0.4, -0.2) is 28.0 Å². The molecule has 0 aliphatic rings. The SMILES string of the molecule is Cc1c(S(=O)(=O)Nc2ccn(CC#N)n2)cnn1C. The van der Waals surface area contributed by atoms with Gasteiger partial charge in [-0.2, -0.15) is 15.5 Å². The van der Waals surface area contributed by atoms with Gasteiger partial charge >= 0.3 is 0 Å². The first-order chi connectivity index (χ1) is 8.94. The fraction of sp³-hybridized carbons (Fsp3) is 0.300.